The second-order valence-corrected chi connectivity index (χ2v) is 22.0. The van der Waals surface area contributed by atoms with E-state index in [-0.39, 0.29) is 17.7 Å². The number of ether oxygens (including phenoxy) is 2. The summed E-state index contributed by atoms with van der Waals surface area (Å²) in [6.07, 6.45) is 28.2. The molecule has 1 aliphatic rings. The van der Waals surface area contributed by atoms with Crippen LogP contribution in [0, 0.1) is 124 Å². The standard InChI is InChI=1S/3C7H9N.4C6H8N2.C6H12O2.C5H9N3O.C5H7N3.C5H8N2O.C4H6N2.C2H6/c1-6-3-4-8-7(2)5-6;1-6-3-4-7(2)8-5-6;1-6-4-3-5-8-7(6)2;2*1-5-3-8-6(2)4-7-5;1-5-3-7-4-6(2)8-5;1-5-3-4-7-6(2)8-5;1-5-3-7-6(2)8-4-5;1-4-6-8(3)5(9)7(4)2;1-4-6-3-7-5(2)8-4;1-6-3-4-7(2)5(6)8;1-6-3-2-5-4-6;1-2/h3*3-5H,1-2H3;4*3-4H,1-2H3;5-6H,3-4H2,1-2H3;1-3H3;3H,1-2H3;3-4H,1-2H3;2-4H,1H3;1-2H3. The summed E-state index contributed by atoms with van der Waals surface area (Å²) in [4.78, 5) is 81.2. The number of pyridine rings is 3. The molecule has 12 rings (SSSR count). The average Bonchev–Trinajstić information content (AvgIpc) is 1.83. The molecule has 0 aromatic carbocycles. The Kier molecular flexibility index (Phi) is 45.1. The zero-order chi connectivity index (χ0) is 73.4. The lowest BCUT2D eigenvalue weighted by molar-refractivity contribution is -0.187. The Labute approximate surface area is 575 Å². The van der Waals surface area contributed by atoms with E-state index in [1.165, 1.54) is 41.4 Å². The van der Waals surface area contributed by atoms with Crippen molar-refractivity contribution in [2.24, 2.45) is 41.2 Å². The highest BCUT2D eigenvalue weighted by molar-refractivity contribution is 5.15. The Morgan fingerprint density at radius 1 is 0.423 bits per heavy atom. The van der Waals surface area contributed by atoms with Gasteiger partial charge in [-0.25, -0.2) is 44.2 Å². The summed E-state index contributed by atoms with van der Waals surface area (Å²) in [5.74, 6) is 3.70. The first kappa shape index (κ1) is 86.9. The second-order valence-electron chi connectivity index (χ2n) is 22.0. The molecule has 0 bridgehead atoms. The Morgan fingerprint density at radius 3 is 1.18 bits per heavy atom. The lowest BCUT2D eigenvalue weighted by Gasteiger charge is -2.24. The van der Waals surface area contributed by atoms with Crippen molar-refractivity contribution in [1.82, 2.24) is 103 Å². The molecule has 12 heterocycles. The average molecular weight is 1330 g/mol. The highest BCUT2D eigenvalue weighted by atomic mass is 16.7. The maximum absolute atomic E-state index is 10.9. The Bertz CT molecular complexity index is 3450. The predicted octanol–water partition coefficient (Wildman–Crippen LogP) is 11.6. The van der Waals surface area contributed by atoms with Crippen LogP contribution in [0.4, 0.5) is 0 Å². The van der Waals surface area contributed by atoms with Crippen LogP contribution >= 0.6 is 0 Å². The van der Waals surface area contributed by atoms with Gasteiger partial charge in [0.1, 0.15) is 29.6 Å². The minimum Gasteiger partial charge on any atom is -0.353 e. The number of imidazole rings is 2. The van der Waals surface area contributed by atoms with Crippen molar-refractivity contribution in [3.05, 3.63) is 260 Å². The summed E-state index contributed by atoms with van der Waals surface area (Å²) >= 11 is 0. The first-order valence-corrected chi connectivity index (χ1v) is 31.6. The highest BCUT2D eigenvalue weighted by Gasteiger charge is 2.13. The van der Waals surface area contributed by atoms with Gasteiger partial charge in [0.15, 0.2) is 6.29 Å². The van der Waals surface area contributed by atoms with Gasteiger partial charge in [0.25, 0.3) is 0 Å². The number of aryl methyl sites for hydroxylation is 21. The summed E-state index contributed by atoms with van der Waals surface area (Å²) in [5, 5.41) is 3.88. The fourth-order valence-corrected chi connectivity index (χ4v) is 6.64. The summed E-state index contributed by atoms with van der Waals surface area (Å²) in [6.45, 7) is 42.7. The zero-order valence-electron chi connectivity index (χ0n) is 62.4. The zero-order valence-corrected chi connectivity index (χ0v) is 62.4. The fraction of sp³-hybridized carbons (Fsp3) is 0.417. The summed E-state index contributed by atoms with van der Waals surface area (Å²) < 4.78 is 18.1. The third kappa shape index (κ3) is 44.2. The van der Waals surface area contributed by atoms with E-state index < -0.39 is 0 Å². The van der Waals surface area contributed by atoms with Crippen molar-refractivity contribution < 1.29 is 9.47 Å². The third-order valence-electron chi connectivity index (χ3n) is 12.1. The molecule has 0 aliphatic carbocycles. The Morgan fingerprint density at radius 2 is 0.928 bits per heavy atom. The Balaban J connectivity index is 0.00000103. The molecule has 1 aliphatic heterocycles. The molecule has 97 heavy (non-hydrogen) atoms. The van der Waals surface area contributed by atoms with E-state index in [1.54, 1.807) is 103 Å². The van der Waals surface area contributed by atoms with E-state index in [2.05, 4.69) is 119 Å². The molecule has 0 unspecified atom stereocenters. The molecule has 524 valence electrons. The molecule has 0 spiro atoms. The lowest BCUT2D eigenvalue weighted by Crippen LogP contribution is -2.27. The number of aromatic nitrogens is 21. The second kappa shape index (κ2) is 50.3. The van der Waals surface area contributed by atoms with Crippen molar-refractivity contribution in [2.45, 2.75) is 152 Å². The van der Waals surface area contributed by atoms with E-state index >= 15 is 0 Å². The lowest BCUT2D eigenvalue weighted by atomic mass is 10.2. The third-order valence-corrected chi connectivity index (χ3v) is 12.1. The van der Waals surface area contributed by atoms with Crippen molar-refractivity contribution in [1.29, 1.82) is 0 Å². The summed E-state index contributed by atoms with van der Waals surface area (Å²) in [5.41, 5.74) is 13.8. The summed E-state index contributed by atoms with van der Waals surface area (Å²) in [7, 11) is 8.72. The van der Waals surface area contributed by atoms with Gasteiger partial charge in [-0.05, 0) is 172 Å². The van der Waals surface area contributed by atoms with Gasteiger partial charge >= 0.3 is 11.4 Å². The smallest absolute Gasteiger partial charge is 0.345 e. The molecule has 0 radical (unpaired) electrons. The van der Waals surface area contributed by atoms with Crippen LogP contribution < -0.4 is 11.4 Å². The van der Waals surface area contributed by atoms with Crippen LogP contribution in [-0.2, 0) is 44.7 Å². The topological polar surface area (TPSA) is 283 Å². The van der Waals surface area contributed by atoms with E-state index in [0.29, 0.717) is 5.92 Å². The molecule has 0 N–H and O–H groups in total. The van der Waals surface area contributed by atoms with Gasteiger partial charge < -0.3 is 23.2 Å². The minimum atomic E-state index is -0.0764. The number of rotatable bonds is 0. The quantitative estimate of drug-likeness (QED) is 0.136. The van der Waals surface area contributed by atoms with Gasteiger partial charge in [0, 0.05) is 151 Å². The van der Waals surface area contributed by atoms with Crippen LogP contribution in [0.15, 0.2) is 151 Å². The van der Waals surface area contributed by atoms with E-state index in [9.17, 15) is 9.59 Å². The largest absolute Gasteiger partial charge is 0.353 e. The Hall–Kier alpha value is -10.1. The molecule has 1 fully saturated rings. The maximum Gasteiger partial charge on any atom is 0.345 e. The molecule has 11 aromatic heterocycles. The molecular weight excluding hydrogens is 1220 g/mol. The van der Waals surface area contributed by atoms with E-state index in [1.807, 2.05) is 178 Å². The first-order chi connectivity index (χ1) is 45.8. The fourth-order valence-electron chi connectivity index (χ4n) is 6.64. The minimum absolute atomic E-state index is 0.0185. The molecule has 0 amide bonds. The van der Waals surface area contributed by atoms with Crippen LogP contribution in [-0.4, -0.2) is 122 Å². The SMILES string of the molecule is CC.CC1COC(C)OC1.Cc1ccc(C)nc1.Cc1cccnc1C.Cc1ccnc(C)c1.Cc1ccnc(C)n1.Cc1cnc(C)cn1.Cc1cnc(C)cn1.Cc1cncc(C)n1.Cc1ncnc(C)n1.Cc1nn(C)c(=O)n1C.Cn1ccn(C)c1=O.Cn1ccnc1. The van der Waals surface area contributed by atoms with Gasteiger partial charge in [0.2, 0.25) is 0 Å². The van der Waals surface area contributed by atoms with Crippen LogP contribution in [0.1, 0.15) is 125 Å². The summed E-state index contributed by atoms with van der Waals surface area (Å²) in [6, 6.07) is 14.0. The number of hydrogen-bond donors (Lipinski definition) is 0. The van der Waals surface area contributed by atoms with Crippen molar-refractivity contribution >= 4 is 0 Å². The van der Waals surface area contributed by atoms with Crippen LogP contribution in [0.2, 0.25) is 0 Å². The number of hydrogen-bond acceptors (Lipinski definition) is 20. The molecule has 0 saturated carbocycles. The molecule has 11 aromatic rings. The first-order valence-electron chi connectivity index (χ1n) is 31.6. The van der Waals surface area contributed by atoms with Gasteiger partial charge in [-0.3, -0.25) is 49.4 Å². The van der Waals surface area contributed by atoms with Crippen LogP contribution in [0.25, 0.3) is 0 Å². The van der Waals surface area contributed by atoms with Crippen molar-refractivity contribution in [2.75, 3.05) is 13.2 Å². The molecule has 1 saturated heterocycles. The maximum atomic E-state index is 10.9. The predicted molar refractivity (Wildman–Crippen MR) is 385 cm³/mol. The van der Waals surface area contributed by atoms with E-state index in [0.717, 1.165) is 93.5 Å². The molecule has 25 heteroatoms. The van der Waals surface area contributed by atoms with Crippen LogP contribution in [0.5, 0.6) is 0 Å². The monoisotopic (exact) mass is 1330 g/mol. The highest BCUT2D eigenvalue weighted by Crippen LogP contribution is 2.08. The van der Waals surface area contributed by atoms with Gasteiger partial charge in [0.05, 0.1) is 53.7 Å². The molecule has 25 nitrogen and oxygen atoms in total. The van der Waals surface area contributed by atoms with Crippen molar-refractivity contribution in [3.8, 4) is 0 Å². The van der Waals surface area contributed by atoms with Gasteiger partial charge in [-0.1, -0.05) is 32.9 Å². The molecule has 0 atom stereocenters. The van der Waals surface area contributed by atoms with E-state index in [4.69, 9.17) is 9.47 Å². The van der Waals surface area contributed by atoms with Crippen molar-refractivity contribution in [3.63, 3.8) is 0 Å². The molecular formula is C72H107N21O4. The number of nitrogens with zero attached hydrogens (tertiary/aromatic N) is 21. The van der Waals surface area contributed by atoms with Crippen LogP contribution in [0.3, 0.4) is 0 Å². The normalized spacial score (nSPS) is 11.7. The van der Waals surface area contributed by atoms with Gasteiger partial charge in [-0.15, -0.1) is 0 Å². The van der Waals surface area contributed by atoms with Gasteiger partial charge in [-0.2, -0.15) is 5.10 Å².